The van der Waals surface area contributed by atoms with Crippen molar-refractivity contribution < 1.29 is 9.47 Å². The van der Waals surface area contributed by atoms with Gasteiger partial charge in [0.1, 0.15) is 5.75 Å². The van der Waals surface area contributed by atoms with Crippen LogP contribution in [0.3, 0.4) is 0 Å². The minimum atomic E-state index is 0.208. The topological polar surface area (TPSA) is 54.9 Å². The van der Waals surface area contributed by atoms with E-state index in [0.29, 0.717) is 6.61 Å². The number of ether oxygens (including phenoxy) is 2. The molecule has 130 valence electrons. The summed E-state index contributed by atoms with van der Waals surface area (Å²) in [6, 6.07) is 12.6. The van der Waals surface area contributed by atoms with E-state index in [1.54, 1.807) is 32.6 Å². The highest BCUT2D eigenvalue weighted by atomic mass is 32.1. The zero-order chi connectivity index (χ0) is 17.4. The van der Waals surface area contributed by atoms with Gasteiger partial charge in [-0.15, -0.1) is 11.3 Å². The number of nitrogens with zero attached hydrogens (tertiary/aromatic N) is 1. The Kier molecular flexibility index (Phi) is 7.08. The lowest BCUT2D eigenvalue weighted by molar-refractivity contribution is 0.179. The maximum absolute atomic E-state index is 5.20. The van der Waals surface area contributed by atoms with Crippen LogP contribution in [-0.4, -0.2) is 39.9 Å². The Bertz CT molecular complexity index is 653. The molecule has 0 amide bonds. The van der Waals surface area contributed by atoms with Crippen molar-refractivity contribution in [1.82, 2.24) is 10.6 Å². The first-order chi connectivity index (χ1) is 11.7. The first kappa shape index (κ1) is 18.3. The van der Waals surface area contributed by atoms with Crippen LogP contribution in [0.1, 0.15) is 11.8 Å². The van der Waals surface area contributed by atoms with E-state index in [2.05, 4.69) is 46.8 Å². The van der Waals surface area contributed by atoms with Gasteiger partial charge >= 0.3 is 0 Å². The van der Waals surface area contributed by atoms with Crippen LogP contribution >= 0.6 is 11.3 Å². The second-order valence-corrected chi connectivity index (χ2v) is 6.59. The Balaban J connectivity index is 1.93. The molecule has 5 nitrogen and oxygen atoms in total. The van der Waals surface area contributed by atoms with Crippen molar-refractivity contribution >= 4 is 17.3 Å². The fourth-order valence-electron chi connectivity index (χ4n) is 2.27. The van der Waals surface area contributed by atoms with Gasteiger partial charge in [-0.05, 0) is 48.9 Å². The molecule has 0 radical (unpaired) electrons. The van der Waals surface area contributed by atoms with Gasteiger partial charge in [0, 0.05) is 30.0 Å². The highest BCUT2D eigenvalue weighted by Gasteiger charge is 2.07. The molecule has 0 bridgehead atoms. The first-order valence-electron chi connectivity index (χ1n) is 7.85. The molecule has 6 heteroatoms. The summed E-state index contributed by atoms with van der Waals surface area (Å²) in [5.74, 6) is 1.65. The van der Waals surface area contributed by atoms with E-state index in [9.17, 15) is 0 Å². The maximum atomic E-state index is 5.20. The number of aliphatic imine (C=N–C) groups is 1. The largest absolute Gasteiger partial charge is 0.497 e. The number of methoxy groups -OCH3 is 2. The average molecular weight is 347 g/mol. The van der Waals surface area contributed by atoms with E-state index in [4.69, 9.17) is 9.47 Å². The van der Waals surface area contributed by atoms with Crippen LogP contribution < -0.4 is 15.4 Å². The number of nitrogens with one attached hydrogen (secondary N) is 2. The van der Waals surface area contributed by atoms with Crippen molar-refractivity contribution in [3.8, 4) is 16.2 Å². The van der Waals surface area contributed by atoms with E-state index in [-0.39, 0.29) is 6.04 Å². The third kappa shape index (κ3) is 5.25. The summed E-state index contributed by atoms with van der Waals surface area (Å²) < 4.78 is 10.3. The predicted octanol–water partition coefficient (Wildman–Crippen LogP) is 3.12. The monoisotopic (exact) mass is 347 g/mol. The molecular weight excluding hydrogens is 322 g/mol. The lowest BCUT2D eigenvalue weighted by Gasteiger charge is -2.16. The number of guanidine groups is 1. The molecule has 0 aliphatic rings. The molecule has 0 fully saturated rings. The van der Waals surface area contributed by atoms with Crippen LogP contribution in [0.15, 0.2) is 41.4 Å². The zero-order valence-corrected chi connectivity index (χ0v) is 15.4. The molecule has 0 aliphatic carbocycles. The molecule has 1 aromatic heterocycles. The van der Waals surface area contributed by atoms with Gasteiger partial charge in [-0.3, -0.25) is 4.99 Å². The van der Waals surface area contributed by atoms with Gasteiger partial charge in [0.15, 0.2) is 5.96 Å². The summed E-state index contributed by atoms with van der Waals surface area (Å²) in [6.45, 7) is 3.44. The molecule has 24 heavy (non-hydrogen) atoms. The molecule has 1 unspecified atom stereocenters. The number of benzene rings is 1. The van der Waals surface area contributed by atoms with Gasteiger partial charge < -0.3 is 20.1 Å². The molecule has 0 aliphatic heterocycles. The van der Waals surface area contributed by atoms with E-state index >= 15 is 0 Å². The van der Waals surface area contributed by atoms with Crippen LogP contribution in [-0.2, 0) is 11.3 Å². The predicted molar refractivity (Wildman–Crippen MR) is 101 cm³/mol. The quantitative estimate of drug-likeness (QED) is 0.597. The minimum absolute atomic E-state index is 0.208. The van der Waals surface area contributed by atoms with E-state index in [1.807, 2.05) is 12.1 Å². The Morgan fingerprint density at radius 3 is 2.54 bits per heavy atom. The number of rotatable bonds is 7. The van der Waals surface area contributed by atoms with Gasteiger partial charge in [0.2, 0.25) is 0 Å². The first-order valence-corrected chi connectivity index (χ1v) is 8.67. The van der Waals surface area contributed by atoms with Gasteiger partial charge in [-0.2, -0.15) is 0 Å². The van der Waals surface area contributed by atoms with E-state index in [1.165, 1.54) is 15.3 Å². The number of hydrogen-bond donors (Lipinski definition) is 2. The second-order valence-electron chi connectivity index (χ2n) is 5.42. The number of thiophene rings is 1. The smallest absolute Gasteiger partial charge is 0.191 e. The summed E-state index contributed by atoms with van der Waals surface area (Å²) >= 11 is 1.77. The molecule has 2 aromatic rings. The van der Waals surface area contributed by atoms with Crippen molar-refractivity contribution in [3.63, 3.8) is 0 Å². The van der Waals surface area contributed by atoms with Crippen LogP contribution in [0.4, 0.5) is 0 Å². The molecular formula is C18H25N3O2S. The van der Waals surface area contributed by atoms with Crippen molar-refractivity contribution in [3.05, 3.63) is 41.3 Å². The minimum Gasteiger partial charge on any atom is -0.497 e. The zero-order valence-electron chi connectivity index (χ0n) is 14.6. The van der Waals surface area contributed by atoms with Crippen molar-refractivity contribution in [1.29, 1.82) is 0 Å². The SMILES string of the molecule is CN=C(NCc1ccc(-c2ccc(OC)cc2)s1)NC(C)COC. The van der Waals surface area contributed by atoms with Crippen molar-refractivity contribution in [2.75, 3.05) is 27.9 Å². The Morgan fingerprint density at radius 1 is 1.17 bits per heavy atom. The van der Waals surface area contributed by atoms with Crippen LogP contribution in [0.2, 0.25) is 0 Å². The summed E-state index contributed by atoms with van der Waals surface area (Å²) in [6.07, 6.45) is 0. The molecule has 0 saturated heterocycles. The Hall–Kier alpha value is -2.05. The third-order valence-electron chi connectivity index (χ3n) is 3.49. The molecule has 1 heterocycles. The van der Waals surface area contributed by atoms with Crippen LogP contribution in [0.5, 0.6) is 5.75 Å². The van der Waals surface area contributed by atoms with Gasteiger partial charge in [-0.25, -0.2) is 0 Å². The van der Waals surface area contributed by atoms with Crippen molar-refractivity contribution in [2.24, 2.45) is 4.99 Å². The second kappa shape index (κ2) is 9.30. The summed E-state index contributed by atoms with van der Waals surface area (Å²) in [4.78, 5) is 6.73. The molecule has 1 aromatic carbocycles. The average Bonchev–Trinajstić information content (AvgIpc) is 3.08. The normalized spacial score (nSPS) is 12.8. The standard InChI is InChI=1S/C18H25N3O2S/c1-13(12-22-3)21-18(19-2)20-11-16-9-10-17(24-16)14-5-7-15(23-4)8-6-14/h5-10,13H,11-12H2,1-4H3,(H2,19,20,21). The van der Waals surface area contributed by atoms with Crippen molar-refractivity contribution in [2.45, 2.75) is 19.5 Å². The van der Waals surface area contributed by atoms with Gasteiger partial charge in [0.05, 0.1) is 20.3 Å². The Morgan fingerprint density at radius 2 is 1.92 bits per heavy atom. The third-order valence-corrected chi connectivity index (χ3v) is 4.62. The Labute approximate surface area is 147 Å². The molecule has 1 atom stereocenters. The number of hydrogen-bond acceptors (Lipinski definition) is 4. The van der Waals surface area contributed by atoms with Gasteiger partial charge in [0.25, 0.3) is 0 Å². The summed E-state index contributed by atoms with van der Waals surface area (Å²) in [5.41, 5.74) is 1.20. The van der Waals surface area contributed by atoms with E-state index in [0.717, 1.165) is 18.3 Å². The fourth-order valence-corrected chi connectivity index (χ4v) is 3.23. The highest BCUT2D eigenvalue weighted by Crippen LogP contribution is 2.29. The molecule has 2 rings (SSSR count). The van der Waals surface area contributed by atoms with E-state index < -0.39 is 0 Å². The lowest BCUT2D eigenvalue weighted by atomic mass is 10.2. The summed E-state index contributed by atoms with van der Waals surface area (Å²) in [7, 11) is 5.14. The maximum Gasteiger partial charge on any atom is 0.191 e. The van der Waals surface area contributed by atoms with Crippen LogP contribution in [0.25, 0.3) is 10.4 Å². The lowest BCUT2D eigenvalue weighted by Crippen LogP contribution is -2.43. The van der Waals surface area contributed by atoms with Gasteiger partial charge in [-0.1, -0.05) is 0 Å². The van der Waals surface area contributed by atoms with Crippen LogP contribution in [0, 0.1) is 0 Å². The molecule has 0 spiro atoms. The highest BCUT2D eigenvalue weighted by molar-refractivity contribution is 7.15. The molecule has 2 N–H and O–H groups in total. The molecule has 0 saturated carbocycles. The fraction of sp³-hybridized carbons (Fsp3) is 0.389. The summed E-state index contributed by atoms with van der Waals surface area (Å²) in [5, 5.41) is 6.63.